The van der Waals surface area contributed by atoms with Gasteiger partial charge in [-0.2, -0.15) is 4.31 Å². The van der Waals surface area contributed by atoms with Crippen molar-refractivity contribution in [2.45, 2.75) is 36.9 Å². The normalized spacial score (nSPS) is 19.9. The molecule has 4 nitrogen and oxygen atoms in total. The quantitative estimate of drug-likeness (QED) is 0.798. The minimum absolute atomic E-state index is 0.295. The molecular weight excluding hydrogens is 358 g/mol. The molecule has 1 fully saturated rings. The summed E-state index contributed by atoms with van der Waals surface area (Å²) in [5.41, 5.74) is 2.69. The number of ether oxygens (including phenoxy) is 1. The standard InChI is InChI=1S/C19H20ClNO3S/c1-14-17(20)7-4-8-18(14)25(22,23)21-11-9-19(10-12-21)16-6-3-2-5-15(16)13-24-19/h2-8H,9-13H2,1H3. The lowest BCUT2D eigenvalue weighted by Crippen LogP contribution is -2.45. The van der Waals surface area contributed by atoms with E-state index >= 15 is 0 Å². The zero-order valence-corrected chi connectivity index (χ0v) is 15.6. The molecule has 2 aromatic rings. The third kappa shape index (κ3) is 2.70. The highest BCUT2D eigenvalue weighted by molar-refractivity contribution is 7.89. The van der Waals surface area contributed by atoms with E-state index in [1.165, 1.54) is 11.1 Å². The van der Waals surface area contributed by atoms with Gasteiger partial charge in [-0.05, 0) is 48.6 Å². The van der Waals surface area contributed by atoms with Crippen LogP contribution in [0.15, 0.2) is 47.4 Å². The van der Waals surface area contributed by atoms with Gasteiger partial charge in [-0.15, -0.1) is 0 Å². The van der Waals surface area contributed by atoms with E-state index in [4.69, 9.17) is 16.3 Å². The number of fused-ring (bicyclic) bond motifs is 2. The third-order valence-corrected chi connectivity index (χ3v) is 7.83. The van der Waals surface area contributed by atoms with Gasteiger partial charge in [-0.1, -0.05) is 41.9 Å². The monoisotopic (exact) mass is 377 g/mol. The first-order chi connectivity index (χ1) is 11.9. The van der Waals surface area contributed by atoms with Crippen LogP contribution in [0, 0.1) is 6.92 Å². The summed E-state index contributed by atoms with van der Waals surface area (Å²) >= 11 is 6.11. The molecule has 0 aliphatic carbocycles. The molecule has 0 atom stereocenters. The van der Waals surface area contributed by atoms with Crippen molar-refractivity contribution in [3.63, 3.8) is 0 Å². The molecule has 0 N–H and O–H groups in total. The largest absolute Gasteiger partial charge is 0.365 e. The summed E-state index contributed by atoms with van der Waals surface area (Å²) in [7, 11) is -3.55. The van der Waals surface area contributed by atoms with Crippen molar-refractivity contribution in [1.29, 1.82) is 0 Å². The van der Waals surface area contributed by atoms with Crippen LogP contribution >= 0.6 is 11.6 Å². The van der Waals surface area contributed by atoms with Crippen LogP contribution in [0.25, 0.3) is 0 Å². The molecule has 2 aromatic carbocycles. The molecule has 2 heterocycles. The fourth-order valence-electron chi connectivity index (χ4n) is 3.89. The summed E-state index contributed by atoms with van der Waals surface area (Å²) in [4.78, 5) is 0.295. The molecule has 2 aliphatic heterocycles. The number of sulfonamides is 1. The number of hydrogen-bond donors (Lipinski definition) is 0. The maximum atomic E-state index is 13.0. The topological polar surface area (TPSA) is 46.6 Å². The van der Waals surface area contributed by atoms with Crippen molar-refractivity contribution < 1.29 is 13.2 Å². The van der Waals surface area contributed by atoms with Crippen LogP contribution in [0.5, 0.6) is 0 Å². The minimum Gasteiger partial charge on any atom is -0.365 e. The van der Waals surface area contributed by atoms with Gasteiger partial charge in [0.15, 0.2) is 0 Å². The fourth-order valence-corrected chi connectivity index (χ4v) is 5.81. The first-order valence-electron chi connectivity index (χ1n) is 8.42. The molecule has 25 heavy (non-hydrogen) atoms. The van der Waals surface area contributed by atoms with Crippen molar-refractivity contribution >= 4 is 21.6 Å². The van der Waals surface area contributed by atoms with Gasteiger partial charge in [0.1, 0.15) is 0 Å². The Hall–Kier alpha value is -1.40. The molecule has 0 aromatic heterocycles. The van der Waals surface area contributed by atoms with Crippen LogP contribution in [0.1, 0.15) is 29.5 Å². The van der Waals surface area contributed by atoms with Gasteiger partial charge in [0, 0.05) is 18.1 Å². The van der Waals surface area contributed by atoms with E-state index < -0.39 is 10.0 Å². The lowest BCUT2D eigenvalue weighted by Gasteiger charge is -2.38. The highest BCUT2D eigenvalue weighted by atomic mass is 35.5. The van der Waals surface area contributed by atoms with Gasteiger partial charge in [0.05, 0.1) is 17.1 Å². The number of halogens is 1. The molecule has 2 aliphatic rings. The SMILES string of the molecule is Cc1c(Cl)cccc1S(=O)(=O)N1CCC2(CC1)OCc1ccccc12. The predicted octanol–water partition coefficient (Wildman–Crippen LogP) is 3.86. The van der Waals surface area contributed by atoms with E-state index in [2.05, 4.69) is 12.1 Å². The summed E-state index contributed by atoms with van der Waals surface area (Å²) in [6.45, 7) is 3.25. The average Bonchev–Trinajstić information content (AvgIpc) is 2.96. The molecule has 4 rings (SSSR count). The van der Waals surface area contributed by atoms with Gasteiger partial charge in [-0.25, -0.2) is 8.42 Å². The molecule has 1 saturated heterocycles. The number of rotatable bonds is 2. The van der Waals surface area contributed by atoms with Crippen LogP contribution in [0.4, 0.5) is 0 Å². The zero-order valence-electron chi connectivity index (χ0n) is 14.0. The molecular formula is C19H20ClNO3S. The van der Waals surface area contributed by atoms with Crippen LogP contribution in [-0.2, 0) is 27.0 Å². The maximum Gasteiger partial charge on any atom is 0.243 e. The average molecular weight is 378 g/mol. The van der Waals surface area contributed by atoms with Gasteiger partial charge >= 0.3 is 0 Å². The van der Waals surface area contributed by atoms with Crippen LogP contribution in [-0.4, -0.2) is 25.8 Å². The Kier molecular flexibility index (Phi) is 4.15. The van der Waals surface area contributed by atoms with E-state index in [0.717, 1.165) is 0 Å². The van der Waals surface area contributed by atoms with Crippen molar-refractivity contribution in [3.05, 3.63) is 64.2 Å². The van der Waals surface area contributed by atoms with E-state index in [-0.39, 0.29) is 5.60 Å². The highest BCUT2D eigenvalue weighted by Gasteiger charge is 2.44. The molecule has 0 amide bonds. The molecule has 0 saturated carbocycles. The molecule has 0 unspecified atom stereocenters. The summed E-state index contributed by atoms with van der Waals surface area (Å²) in [5, 5.41) is 0.475. The van der Waals surface area contributed by atoms with Crippen molar-refractivity contribution in [3.8, 4) is 0 Å². The Morgan fingerprint density at radius 3 is 2.56 bits per heavy atom. The number of nitrogens with zero attached hydrogens (tertiary/aromatic N) is 1. The van der Waals surface area contributed by atoms with Gasteiger partial charge < -0.3 is 4.74 Å². The smallest absolute Gasteiger partial charge is 0.243 e. The number of benzene rings is 2. The second kappa shape index (κ2) is 6.09. The lowest BCUT2D eigenvalue weighted by molar-refractivity contribution is -0.0689. The second-order valence-corrected chi connectivity index (χ2v) is 9.02. The first-order valence-corrected chi connectivity index (χ1v) is 10.2. The summed E-state index contributed by atoms with van der Waals surface area (Å²) in [5.74, 6) is 0. The Bertz CT molecular complexity index is 918. The first kappa shape index (κ1) is 17.0. The third-order valence-electron chi connectivity index (χ3n) is 5.38. The van der Waals surface area contributed by atoms with Crippen molar-refractivity contribution in [2.24, 2.45) is 0 Å². The van der Waals surface area contributed by atoms with Crippen LogP contribution in [0.3, 0.4) is 0 Å². The summed E-state index contributed by atoms with van der Waals surface area (Å²) < 4.78 is 33.7. The lowest BCUT2D eigenvalue weighted by atomic mass is 9.84. The molecule has 0 bridgehead atoms. The molecule has 0 radical (unpaired) electrons. The molecule has 132 valence electrons. The van der Waals surface area contributed by atoms with E-state index in [1.54, 1.807) is 29.4 Å². The maximum absolute atomic E-state index is 13.0. The van der Waals surface area contributed by atoms with Crippen LogP contribution in [0.2, 0.25) is 5.02 Å². The molecule has 6 heteroatoms. The Labute approximate surface area is 153 Å². The highest BCUT2D eigenvalue weighted by Crippen LogP contribution is 2.44. The van der Waals surface area contributed by atoms with Crippen molar-refractivity contribution in [1.82, 2.24) is 4.31 Å². The summed E-state index contributed by atoms with van der Waals surface area (Å²) in [6.07, 6.45) is 1.34. The Balaban J connectivity index is 1.59. The molecule has 1 spiro atoms. The van der Waals surface area contributed by atoms with Gasteiger partial charge in [0.25, 0.3) is 0 Å². The van der Waals surface area contributed by atoms with Crippen LogP contribution < -0.4 is 0 Å². The second-order valence-electron chi connectivity index (χ2n) is 6.71. The number of hydrogen-bond acceptors (Lipinski definition) is 3. The minimum atomic E-state index is -3.55. The van der Waals surface area contributed by atoms with E-state index in [9.17, 15) is 8.42 Å². The van der Waals surface area contributed by atoms with Gasteiger partial charge in [0.2, 0.25) is 10.0 Å². The zero-order chi connectivity index (χ0) is 17.7. The Morgan fingerprint density at radius 1 is 1.08 bits per heavy atom. The van der Waals surface area contributed by atoms with E-state index in [0.29, 0.717) is 48.0 Å². The van der Waals surface area contributed by atoms with Crippen molar-refractivity contribution in [2.75, 3.05) is 13.1 Å². The Morgan fingerprint density at radius 2 is 1.80 bits per heavy atom. The summed E-state index contributed by atoms with van der Waals surface area (Å²) in [6, 6.07) is 13.3. The van der Waals surface area contributed by atoms with E-state index in [1.807, 2.05) is 12.1 Å². The van der Waals surface area contributed by atoms with Gasteiger partial charge in [-0.3, -0.25) is 0 Å². The fraction of sp³-hybridized carbons (Fsp3) is 0.368. The number of piperidine rings is 1. The predicted molar refractivity (Wildman–Crippen MR) is 97.1 cm³/mol.